The van der Waals surface area contributed by atoms with Gasteiger partial charge in [0.05, 0.1) is 27.0 Å². The molecule has 3 aromatic rings. The smallest absolute Gasteiger partial charge is 0.290 e. The molecule has 2 heterocycles. The number of hydrogen-bond acceptors (Lipinski definition) is 3. The molecule has 0 N–H and O–H groups in total. The molecular weight excluding hydrogens is 397 g/mol. The fraction of sp³-hybridized carbons (Fsp3) is 0.158. The molecule has 0 saturated heterocycles. The van der Waals surface area contributed by atoms with Crippen LogP contribution in [0.15, 0.2) is 39.5 Å². The Balaban J connectivity index is 2.03. The van der Waals surface area contributed by atoms with Gasteiger partial charge in [-0.1, -0.05) is 40.9 Å². The van der Waals surface area contributed by atoms with Crippen molar-refractivity contribution in [3.63, 3.8) is 0 Å². The van der Waals surface area contributed by atoms with E-state index in [1.807, 2.05) is 0 Å². The Kier molecular flexibility index (Phi) is 4.03. The minimum atomic E-state index is -0.604. The van der Waals surface area contributed by atoms with Gasteiger partial charge in [-0.25, -0.2) is 0 Å². The molecule has 0 spiro atoms. The summed E-state index contributed by atoms with van der Waals surface area (Å²) in [6, 6.07) is 7.67. The van der Waals surface area contributed by atoms with Crippen molar-refractivity contribution in [2.24, 2.45) is 0 Å². The molecule has 1 atom stereocenters. The zero-order valence-electron chi connectivity index (χ0n) is 13.8. The van der Waals surface area contributed by atoms with E-state index in [1.165, 1.54) is 4.90 Å². The van der Waals surface area contributed by atoms with Gasteiger partial charge in [-0.05, 0) is 42.3 Å². The average Bonchev–Trinajstić information content (AvgIpc) is 2.84. The molecule has 0 radical (unpaired) electrons. The number of halogens is 3. The number of hydrogen-bond donors (Lipinski definition) is 0. The number of aryl methyl sites for hydroxylation is 1. The van der Waals surface area contributed by atoms with Gasteiger partial charge >= 0.3 is 0 Å². The predicted molar refractivity (Wildman–Crippen MR) is 103 cm³/mol. The van der Waals surface area contributed by atoms with Crippen molar-refractivity contribution in [2.75, 3.05) is 7.05 Å². The summed E-state index contributed by atoms with van der Waals surface area (Å²) >= 11 is 18.3. The van der Waals surface area contributed by atoms with Crippen molar-refractivity contribution in [3.05, 3.63) is 78.1 Å². The Bertz CT molecular complexity index is 1150. The number of fused-ring (bicyclic) bond motifs is 2. The van der Waals surface area contributed by atoms with Crippen LogP contribution in [0.5, 0.6) is 0 Å². The quantitative estimate of drug-likeness (QED) is 0.553. The van der Waals surface area contributed by atoms with Gasteiger partial charge in [0.25, 0.3) is 5.91 Å². The first-order chi connectivity index (χ1) is 12.3. The van der Waals surface area contributed by atoms with Crippen LogP contribution >= 0.6 is 34.8 Å². The molecule has 1 aliphatic heterocycles. The number of rotatable bonds is 1. The number of benzene rings is 2. The van der Waals surface area contributed by atoms with Crippen molar-refractivity contribution in [3.8, 4) is 0 Å². The van der Waals surface area contributed by atoms with Gasteiger partial charge in [-0.2, -0.15) is 0 Å². The van der Waals surface area contributed by atoms with Crippen LogP contribution in [-0.2, 0) is 0 Å². The average molecular weight is 409 g/mol. The summed E-state index contributed by atoms with van der Waals surface area (Å²) in [6.07, 6.45) is 0. The van der Waals surface area contributed by atoms with Gasteiger partial charge in [0.1, 0.15) is 5.58 Å². The summed E-state index contributed by atoms with van der Waals surface area (Å²) in [5, 5.41) is 1.55. The second kappa shape index (κ2) is 6.02. The summed E-state index contributed by atoms with van der Waals surface area (Å²) < 4.78 is 5.80. The van der Waals surface area contributed by atoms with Gasteiger partial charge in [0, 0.05) is 12.1 Å². The van der Waals surface area contributed by atoms with E-state index in [2.05, 4.69) is 0 Å². The van der Waals surface area contributed by atoms with E-state index >= 15 is 0 Å². The molecule has 132 valence electrons. The highest BCUT2D eigenvalue weighted by Crippen LogP contribution is 2.39. The second-order valence-electron chi connectivity index (χ2n) is 6.26. The molecule has 4 rings (SSSR count). The van der Waals surface area contributed by atoms with Gasteiger partial charge in [0.2, 0.25) is 5.76 Å². The Hall–Kier alpha value is -2.01. The second-order valence-corrected chi connectivity index (χ2v) is 7.49. The highest BCUT2D eigenvalue weighted by Gasteiger charge is 2.40. The van der Waals surface area contributed by atoms with E-state index in [0.717, 1.165) is 5.56 Å². The molecule has 0 aliphatic carbocycles. The number of amides is 1. The first-order valence-corrected chi connectivity index (χ1v) is 8.92. The monoisotopic (exact) mass is 407 g/mol. The molecule has 0 saturated carbocycles. The zero-order chi connectivity index (χ0) is 18.7. The highest BCUT2D eigenvalue weighted by molar-refractivity contribution is 6.42. The molecule has 4 nitrogen and oxygen atoms in total. The highest BCUT2D eigenvalue weighted by atomic mass is 35.5. The SMILES string of the molecule is Cc1cc2oc3c(c(=O)c2cc1Cl)C(c1ccc(Cl)c(Cl)c1)N(C)C3=O. The Labute approximate surface area is 163 Å². The standard InChI is InChI=1S/C19H12Cl3NO3/c1-8-5-14-10(7-12(8)21)17(24)15-16(23(2)19(25)18(15)26-14)9-3-4-11(20)13(22)6-9/h3-7,16H,1-2H3. The van der Waals surface area contributed by atoms with Gasteiger partial charge in [-0.15, -0.1) is 0 Å². The maximum Gasteiger partial charge on any atom is 0.290 e. The fourth-order valence-corrected chi connectivity index (χ4v) is 3.75. The molecule has 1 aliphatic rings. The van der Waals surface area contributed by atoms with Gasteiger partial charge in [-0.3, -0.25) is 9.59 Å². The van der Waals surface area contributed by atoms with Crippen LogP contribution < -0.4 is 5.43 Å². The summed E-state index contributed by atoms with van der Waals surface area (Å²) in [5.41, 5.74) is 1.79. The van der Waals surface area contributed by atoms with E-state index < -0.39 is 6.04 Å². The summed E-state index contributed by atoms with van der Waals surface area (Å²) in [6.45, 7) is 1.81. The van der Waals surface area contributed by atoms with Gasteiger partial charge in [0.15, 0.2) is 5.43 Å². The predicted octanol–water partition coefficient (Wildman–Crippen LogP) is 5.24. The number of nitrogens with zero attached hydrogens (tertiary/aromatic N) is 1. The summed E-state index contributed by atoms with van der Waals surface area (Å²) in [4.78, 5) is 27.3. The molecule has 0 fully saturated rings. The van der Waals surface area contributed by atoms with Gasteiger partial charge < -0.3 is 9.32 Å². The van der Waals surface area contributed by atoms with Crippen molar-refractivity contribution in [1.29, 1.82) is 0 Å². The first kappa shape index (κ1) is 17.4. The maximum absolute atomic E-state index is 13.2. The van der Waals surface area contributed by atoms with Crippen LogP contribution in [-0.4, -0.2) is 17.9 Å². The van der Waals surface area contributed by atoms with Crippen molar-refractivity contribution < 1.29 is 9.21 Å². The molecule has 7 heteroatoms. The third kappa shape index (κ3) is 2.44. The van der Waals surface area contributed by atoms with E-state index in [1.54, 1.807) is 44.3 Å². The van der Waals surface area contributed by atoms with Crippen molar-refractivity contribution in [2.45, 2.75) is 13.0 Å². The normalized spacial score (nSPS) is 16.4. The molecule has 2 aromatic carbocycles. The van der Waals surface area contributed by atoms with Crippen LogP contribution in [0.2, 0.25) is 15.1 Å². The topological polar surface area (TPSA) is 50.5 Å². The Morgan fingerprint density at radius 1 is 1.00 bits per heavy atom. The van der Waals surface area contributed by atoms with Crippen LogP contribution in [0.3, 0.4) is 0 Å². The third-order valence-corrected chi connectivity index (χ3v) is 5.79. The summed E-state index contributed by atoms with van der Waals surface area (Å²) in [5.74, 6) is -0.314. The lowest BCUT2D eigenvalue weighted by atomic mass is 9.98. The zero-order valence-corrected chi connectivity index (χ0v) is 16.0. The minimum Gasteiger partial charge on any atom is -0.450 e. The third-order valence-electron chi connectivity index (χ3n) is 4.64. The van der Waals surface area contributed by atoms with E-state index in [4.69, 9.17) is 39.2 Å². The lowest BCUT2D eigenvalue weighted by molar-refractivity contribution is 0.0771. The number of carbonyl (C=O) groups is 1. The molecule has 26 heavy (non-hydrogen) atoms. The molecule has 1 aromatic heterocycles. The van der Waals surface area contributed by atoms with E-state index in [9.17, 15) is 9.59 Å². The van der Waals surface area contributed by atoms with Crippen LogP contribution in [0, 0.1) is 6.92 Å². The Morgan fingerprint density at radius 3 is 2.42 bits per heavy atom. The first-order valence-electron chi connectivity index (χ1n) is 7.78. The molecule has 1 amide bonds. The van der Waals surface area contributed by atoms with Crippen molar-refractivity contribution >= 4 is 51.7 Å². The molecular formula is C19H12Cl3NO3. The summed E-state index contributed by atoms with van der Waals surface area (Å²) in [7, 11) is 1.62. The van der Waals surface area contributed by atoms with Crippen LogP contribution in [0.4, 0.5) is 0 Å². The van der Waals surface area contributed by atoms with Crippen LogP contribution in [0.1, 0.15) is 33.3 Å². The fourth-order valence-electron chi connectivity index (χ4n) is 3.28. The molecule has 0 bridgehead atoms. The van der Waals surface area contributed by atoms with Crippen molar-refractivity contribution in [1.82, 2.24) is 4.90 Å². The Morgan fingerprint density at radius 2 is 1.73 bits per heavy atom. The van der Waals surface area contributed by atoms with E-state index in [-0.39, 0.29) is 22.7 Å². The lowest BCUT2D eigenvalue weighted by Crippen LogP contribution is -2.25. The molecule has 1 unspecified atom stereocenters. The minimum absolute atomic E-state index is 0.0443. The van der Waals surface area contributed by atoms with E-state index in [0.29, 0.717) is 31.6 Å². The number of carbonyl (C=O) groups excluding carboxylic acids is 1. The lowest BCUT2D eigenvalue weighted by Gasteiger charge is -2.20. The van der Waals surface area contributed by atoms with Crippen LogP contribution in [0.25, 0.3) is 11.0 Å². The maximum atomic E-state index is 13.2. The largest absolute Gasteiger partial charge is 0.450 e.